The lowest BCUT2D eigenvalue weighted by atomic mass is 9.92. The Balaban J connectivity index is 1.17. The third-order valence-electron chi connectivity index (χ3n) is 7.83. The Labute approximate surface area is 209 Å². The maximum Gasteiger partial charge on any atom is 0.243 e. The first-order valence-electron chi connectivity index (χ1n) is 13.2. The van der Waals surface area contributed by atoms with Gasteiger partial charge in [-0.2, -0.15) is 4.31 Å². The molecular formula is C28H37N3O3S. The molecule has 2 aromatic carbocycles. The van der Waals surface area contributed by atoms with Crippen molar-refractivity contribution in [3.63, 3.8) is 0 Å². The summed E-state index contributed by atoms with van der Waals surface area (Å²) in [5.74, 6) is -0.179. The Hall–Kier alpha value is -2.22. The summed E-state index contributed by atoms with van der Waals surface area (Å²) in [6.45, 7) is 3.97. The number of sulfonamides is 1. The molecule has 35 heavy (non-hydrogen) atoms. The summed E-state index contributed by atoms with van der Waals surface area (Å²) in [5, 5.41) is 3.08. The van der Waals surface area contributed by atoms with Crippen molar-refractivity contribution in [1.82, 2.24) is 9.21 Å². The lowest BCUT2D eigenvalue weighted by Crippen LogP contribution is -2.41. The fraction of sp³-hybridized carbons (Fsp3) is 0.536. The summed E-state index contributed by atoms with van der Waals surface area (Å²) in [7, 11) is -3.53. The van der Waals surface area contributed by atoms with Gasteiger partial charge >= 0.3 is 0 Å². The molecular weight excluding hydrogens is 458 g/mol. The second-order valence-electron chi connectivity index (χ2n) is 10.3. The highest BCUT2D eigenvalue weighted by Crippen LogP contribution is 2.29. The van der Waals surface area contributed by atoms with Gasteiger partial charge in [-0.15, -0.1) is 0 Å². The average molecular weight is 496 g/mol. The fourth-order valence-corrected chi connectivity index (χ4v) is 7.27. The molecule has 0 aromatic heterocycles. The normalized spacial score (nSPS) is 20.3. The van der Waals surface area contributed by atoms with Gasteiger partial charge in [0, 0.05) is 31.2 Å². The second-order valence-corrected chi connectivity index (χ2v) is 12.3. The largest absolute Gasteiger partial charge is 0.326 e. The van der Waals surface area contributed by atoms with E-state index in [1.807, 2.05) is 24.3 Å². The molecule has 3 aliphatic rings. The third-order valence-corrected chi connectivity index (χ3v) is 9.73. The van der Waals surface area contributed by atoms with Crippen LogP contribution in [0.25, 0.3) is 0 Å². The Morgan fingerprint density at radius 1 is 0.857 bits per heavy atom. The van der Waals surface area contributed by atoms with E-state index in [4.69, 9.17) is 0 Å². The molecule has 0 radical (unpaired) electrons. The number of likely N-dealkylation sites (tertiary alicyclic amines) is 1. The smallest absolute Gasteiger partial charge is 0.243 e. The summed E-state index contributed by atoms with van der Waals surface area (Å²) >= 11 is 0. The SMILES string of the molecule is O=C(Nc1cccc(CN2CCCCC2)c1)C1CCN(S(=O)(=O)c2ccc3c(c2)CCCC3)CC1. The zero-order valence-electron chi connectivity index (χ0n) is 20.5. The lowest BCUT2D eigenvalue weighted by Gasteiger charge is -2.31. The third kappa shape index (κ3) is 5.79. The quantitative estimate of drug-likeness (QED) is 0.636. The van der Waals surface area contributed by atoms with Crippen LogP contribution < -0.4 is 5.32 Å². The Bertz CT molecular complexity index is 1150. The van der Waals surface area contributed by atoms with E-state index in [-0.39, 0.29) is 11.8 Å². The average Bonchev–Trinajstić information content (AvgIpc) is 2.89. The van der Waals surface area contributed by atoms with E-state index in [0.717, 1.165) is 44.6 Å². The minimum atomic E-state index is -3.53. The number of hydrogen-bond acceptors (Lipinski definition) is 4. The number of fused-ring (bicyclic) bond motifs is 1. The zero-order chi connectivity index (χ0) is 24.3. The fourth-order valence-electron chi connectivity index (χ4n) is 5.75. The Morgan fingerprint density at radius 2 is 1.60 bits per heavy atom. The molecule has 1 aliphatic carbocycles. The van der Waals surface area contributed by atoms with Crippen molar-refractivity contribution in [2.75, 3.05) is 31.5 Å². The number of anilines is 1. The van der Waals surface area contributed by atoms with Crippen molar-refractivity contribution in [1.29, 1.82) is 0 Å². The second kappa shape index (κ2) is 10.8. The molecule has 0 spiro atoms. The number of rotatable bonds is 6. The number of aryl methyl sites for hydroxylation is 2. The molecule has 0 bridgehead atoms. The molecule has 1 N–H and O–H groups in total. The number of nitrogens with zero attached hydrogens (tertiary/aromatic N) is 2. The summed E-state index contributed by atoms with van der Waals surface area (Å²) in [6, 6.07) is 13.8. The molecule has 0 unspecified atom stereocenters. The minimum absolute atomic E-state index is 0.00838. The van der Waals surface area contributed by atoms with Crippen molar-refractivity contribution in [2.45, 2.75) is 69.2 Å². The number of hydrogen-bond donors (Lipinski definition) is 1. The number of amides is 1. The minimum Gasteiger partial charge on any atom is -0.326 e. The van der Waals surface area contributed by atoms with Crippen molar-refractivity contribution < 1.29 is 13.2 Å². The van der Waals surface area contributed by atoms with Gasteiger partial charge < -0.3 is 5.32 Å². The monoisotopic (exact) mass is 495 g/mol. The van der Waals surface area contributed by atoms with Crippen LogP contribution in [-0.2, 0) is 34.2 Å². The van der Waals surface area contributed by atoms with Crippen LogP contribution in [-0.4, -0.2) is 49.7 Å². The van der Waals surface area contributed by atoms with Crippen LogP contribution in [0.4, 0.5) is 5.69 Å². The first kappa shape index (κ1) is 24.5. The molecule has 6 nitrogen and oxygen atoms in total. The van der Waals surface area contributed by atoms with Gasteiger partial charge in [0.2, 0.25) is 15.9 Å². The summed E-state index contributed by atoms with van der Waals surface area (Å²) in [4.78, 5) is 15.8. The number of piperidine rings is 2. The summed E-state index contributed by atoms with van der Waals surface area (Å²) in [6.07, 6.45) is 9.23. The standard InChI is InChI=1S/C28H37N3O3S/c32-28(29-26-10-6-7-22(19-26)21-30-15-4-1-5-16-30)24-13-17-31(18-14-24)35(33,34)27-12-11-23-8-2-3-9-25(23)20-27/h6-7,10-12,19-20,24H,1-5,8-9,13-18,21H2,(H,29,32). The maximum atomic E-state index is 13.3. The van der Waals surface area contributed by atoms with E-state index >= 15 is 0 Å². The van der Waals surface area contributed by atoms with Crippen molar-refractivity contribution in [2.24, 2.45) is 5.92 Å². The first-order chi connectivity index (χ1) is 17.0. The van der Waals surface area contributed by atoms with Crippen LogP contribution in [0, 0.1) is 5.92 Å². The van der Waals surface area contributed by atoms with E-state index in [1.54, 1.807) is 10.4 Å². The van der Waals surface area contributed by atoms with E-state index in [1.165, 1.54) is 42.4 Å². The first-order valence-corrected chi connectivity index (χ1v) is 14.7. The van der Waals surface area contributed by atoms with Gasteiger partial charge in [0.1, 0.15) is 0 Å². The molecule has 2 aromatic rings. The van der Waals surface area contributed by atoms with Crippen LogP contribution in [0.2, 0.25) is 0 Å². The Morgan fingerprint density at radius 3 is 2.37 bits per heavy atom. The molecule has 0 saturated carbocycles. The summed E-state index contributed by atoms with van der Waals surface area (Å²) in [5.41, 5.74) is 4.50. The van der Waals surface area contributed by atoms with Gasteiger partial charge in [-0.25, -0.2) is 8.42 Å². The van der Waals surface area contributed by atoms with Crippen molar-refractivity contribution in [3.05, 3.63) is 59.2 Å². The predicted molar refractivity (Wildman–Crippen MR) is 139 cm³/mol. The van der Waals surface area contributed by atoms with Gasteiger partial charge in [-0.05, 0) is 105 Å². The molecule has 2 fully saturated rings. The van der Waals surface area contributed by atoms with E-state index < -0.39 is 10.0 Å². The lowest BCUT2D eigenvalue weighted by molar-refractivity contribution is -0.120. The van der Waals surface area contributed by atoms with Crippen LogP contribution in [0.15, 0.2) is 47.4 Å². The van der Waals surface area contributed by atoms with Gasteiger partial charge in [-0.1, -0.05) is 24.6 Å². The zero-order valence-corrected chi connectivity index (χ0v) is 21.4. The number of nitrogens with one attached hydrogen (secondary N) is 1. The van der Waals surface area contributed by atoms with Crippen LogP contribution >= 0.6 is 0 Å². The van der Waals surface area contributed by atoms with E-state index in [0.29, 0.717) is 30.8 Å². The molecule has 7 heteroatoms. The number of carbonyl (C=O) groups is 1. The summed E-state index contributed by atoms with van der Waals surface area (Å²) < 4.78 is 28.1. The van der Waals surface area contributed by atoms with Gasteiger partial charge in [0.15, 0.2) is 0 Å². The van der Waals surface area contributed by atoms with Gasteiger partial charge in [0.05, 0.1) is 4.90 Å². The van der Waals surface area contributed by atoms with Crippen molar-refractivity contribution in [3.8, 4) is 0 Å². The molecule has 188 valence electrons. The van der Waals surface area contributed by atoms with Crippen LogP contribution in [0.5, 0.6) is 0 Å². The van der Waals surface area contributed by atoms with Gasteiger partial charge in [-0.3, -0.25) is 9.69 Å². The maximum absolute atomic E-state index is 13.3. The molecule has 2 saturated heterocycles. The molecule has 1 amide bonds. The molecule has 2 aliphatic heterocycles. The highest BCUT2D eigenvalue weighted by Gasteiger charge is 2.32. The molecule has 5 rings (SSSR count). The molecule has 0 atom stereocenters. The van der Waals surface area contributed by atoms with Crippen LogP contribution in [0.3, 0.4) is 0 Å². The van der Waals surface area contributed by atoms with Crippen molar-refractivity contribution >= 4 is 21.6 Å². The topological polar surface area (TPSA) is 69.7 Å². The number of carbonyl (C=O) groups excluding carboxylic acids is 1. The van der Waals surface area contributed by atoms with E-state index in [2.05, 4.69) is 22.3 Å². The molecule has 2 heterocycles. The Kier molecular flexibility index (Phi) is 7.56. The number of benzene rings is 2. The predicted octanol–water partition coefficient (Wildman–Crippen LogP) is 4.59. The van der Waals surface area contributed by atoms with Crippen LogP contribution in [0.1, 0.15) is 61.6 Å². The van der Waals surface area contributed by atoms with E-state index in [9.17, 15) is 13.2 Å². The van der Waals surface area contributed by atoms with Gasteiger partial charge in [0.25, 0.3) is 0 Å². The highest BCUT2D eigenvalue weighted by molar-refractivity contribution is 7.89. The highest BCUT2D eigenvalue weighted by atomic mass is 32.2.